The Morgan fingerprint density at radius 2 is 1.89 bits per heavy atom. The third kappa shape index (κ3) is 2.95. The van der Waals surface area contributed by atoms with Crippen LogP contribution in [-0.2, 0) is 45.7 Å². The Morgan fingerprint density at radius 3 is 2.76 bits per heavy atom. The van der Waals surface area contributed by atoms with Gasteiger partial charge in [0.15, 0.2) is 0 Å². The predicted molar refractivity (Wildman–Crippen MR) is 137 cm³/mol. The lowest BCUT2D eigenvalue weighted by atomic mass is 9.79. The topological polar surface area (TPSA) is 118 Å². The second kappa shape index (κ2) is 7.39. The molecule has 0 bridgehead atoms. The molecule has 7 rings (SSSR count). The molecule has 0 fully saturated rings. The van der Waals surface area contributed by atoms with Crippen LogP contribution in [0.25, 0.3) is 11.0 Å². The van der Waals surface area contributed by atoms with E-state index in [-0.39, 0.29) is 30.8 Å². The lowest BCUT2D eigenvalue weighted by Gasteiger charge is -2.20. The molecule has 184 valence electrons. The molecule has 1 spiro atoms. The highest BCUT2D eigenvalue weighted by molar-refractivity contribution is 6.06. The van der Waals surface area contributed by atoms with E-state index in [1.165, 1.54) is 14.0 Å². The number of anilines is 3. The van der Waals surface area contributed by atoms with Crippen LogP contribution in [-0.4, -0.2) is 38.9 Å². The number of amides is 3. The summed E-state index contributed by atoms with van der Waals surface area (Å²) >= 11 is 0. The highest BCUT2D eigenvalue weighted by Gasteiger charge is 2.51. The van der Waals surface area contributed by atoms with Crippen LogP contribution in [0.4, 0.5) is 17.2 Å². The first-order chi connectivity index (χ1) is 17.9. The average Bonchev–Trinajstić information content (AvgIpc) is 3.50. The van der Waals surface area contributed by atoms with Gasteiger partial charge in [-0.3, -0.25) is 23.5 Å². The Balaban J connectivity index is 1.18. The van der Waals surface area contributed by atoms with Gasteiger partial charge in [0, 0.05) is 24.5 Å². The van der Waals surface area contributed by atoms with Crippen LogP contribution >= 0.6 is 0 Å². The zero-order valence-electron chi connectivity index (χ0n) is 19.9. The quantitative estimate of drug-likeness (QED) is 0.450. The Bertz CT molecular complexity index is 1750. The summed E-state index contributed by atoms with van der Waals surface area (Å²) in [6, 6.07) is 14.8. The summed E-state index contributed by atoms with van der Waals surface area (Å²) in [5.74, 6) is 0.0183. The number of benzene rings is 2. The van der Waals surface area contributed by atoms with Crippen molar-refractivity contribution in [3.63, 3.8) is 0 Å². The maximum atomic E-state index is 13.3. The molecular weight excluding hydrogens is 472 g/mol. The van der Waals surface area contributed by atoms with Crippen molar-refractivity contribution in [2.24, 2.45) is 0 Å². The summed E-state index contributed by atoms with van der Waals surface area (Å²) in [6.45, 7) is -0.249. The minimum absolute atomic E-state index is 0.0520. The molecular formula is C27H22N6O4. The van der Waals surface area contributed by atoms with Gasteiger partial charge in [-0.15, -0.1) is 0 Å². The zero-order chi connectivity index (χ0) is 25.5. The van der Waals surface area contributed by atoms with Crippen LogP contribution in [0, 0.1) is 0 Å². The van der Waals surface area contributed by atoms with E-state index in [9.17, 15) is 19.2 Å². The second-order valence-corrected chi connectivity index (χ2v) is 9.87. The summed E-state index contributed by atoms with van der Waals surface area (Å²) < 4.78 is 2.82. The lowest BCUT2D eigenvalue weighted by Crippen LogP contribution is -2.36. The van der Waals surface area contributed by atoms with E-state index >= 15 is 0 Å². The van der Waals surface area contributed by atoms with Crippen molar-refractivity contribution >= 4 is 45.9 Å². The van der Waals surface area contributed by atoms with Gasteiger partial charge in [0.2, 0.25) is 17.7 Å². The number of para-hydroxylation sites is 1. The monoisotopic (exact) mass is 494 g/mol. The number of nitrogens with zero attached hydrogens (tertiary/aromatic N) is 4. The van der Waals surface area contributed by atoms with Crippen molar-refractivity contribution in [3.8, 4) is 0 Å². The average molecular weight is 495 g/mol. The van der Waals surface area contributed by atoms with Gasteiger partial charge in [0.05, 0.1) is 22.1 Å². The van der Waals surface area contributed by atoms with Gasteiger partial charge >= 0.3 is 5.69 Å². The molecule has 1 aliphatic carbocycles. The van der Waals surface area contributed by atoms with Crippen molar-refractivity contribution in [3.05, 3.63) is 81.9 Å². The second-order valence-electron chi connectivity index (χ2n) is 9.87. The molecule has 4 aromatic rings. The zero-order valence-corrected chi connectivity index (χ0v) is 19.9. The maximum Gasteiger partial charge on any atom is 0.330 e. The van der Waals surface area contributed by atoms with Crippen molar-refractivity contribution in [1.29, 1.82) is 0 Å². The summed E-state index contributed by atoms with van der Waals surface area (Å²) in [4.78, 5) is 57.3. The Hall–Kier alpha value is -4.73. The van der Waals surface area contributed by atoms with Gasteiger partial charge < -0.3 is 15.5 Å². The Labute approximate surface area is 210 Å². The molecule has 1 unspecified atom stereocenters. The highest BCUT2D eigenvalue weighted by atomic mass is 16.2. The normalized spacial score (nSPS) is 19.1. The number of rotatable bonds is 3. The van der Waals surface area contributed by atoms with E-state index in [2.05, 4.69) is 15.6 Å². The molecule has 37 heavy (non-hydrogen) atoms. The molecule has 2 N–H and O–H groups in total. The lowest BCUT2D eigenvalue weighted by molar-refractivity contribution is -0.120. The number of fused-ring (bicyclic) bond motifs is 3. The molecule has 3 amide bonds. The molecule has 1 atom stereocenters. The van der Waals surface area contributed by atoms with Crippen LogP contribution in [0.3, 0.4) is 0 Å². The molecule has 0 saturated heterocycles. The molecule has 3 aliphatic rings. The molecule has 10 nitrogen and oxygen atoms in total. The Morgan fingerprint density at radius 1 is 1.05 bits per heavy atom. The van der Waals surface area contributed by atoms with E-state index in [4.69, 9.17) is 0 Å². The van der Waals surface area contributed by atoms with Crippen LogP contribution in [0.2, 0.25) is 0 Å². The number of carbonyl (C=O) groups is 3. The standard InChI is InChI=1S/C27H22N6O4/c1-31(22(35)14-32-20-6-2-5-19-23(20)33(26(32)37)13-21(34)29-19)17-8-7-15-11-27(12-16(15)10-17)18-4-3-9-28-24(18)30-25(27)36/h2-10H,11-14H2,1H3,(H,29,34)(H,28,30,36). The highest BCUT2D eigenvalue weighted by Crippen LogP contribution is 2.47. The SMILES string of the molecule is CN(C(=O)Cn1c(=O)n2c3c(cccc31)NC(=O)C2)c1ccc2c(c1)CC1(C2)C(=O)Nc2ncccc21. The van der Waals surface area contributed by atoms with Crippen molar-refractivity contribution < 1.29 is 14.4 Å². The van der Waals surface area contributed by atoms with E-state index in [0.717, 1.165) is 16.7 Å². The first kappa shape index (κ1) is 21.5. The number of imidazole rings is 1. The summed E-state index contributed by atoms with van der Waals surface area (Å²) in [6.07, 6.45) is 2.77. The number of pyridine rings is 1. The summed E-state index contributed by atoms with van der Waals surface area (Å²) in [7, 11) is 1.68. The van der Waals surface area contributed by atoms with Gasteiger partial charge in [-0.1, -0.05) is 18.2 Å². The van der Waals surface area contributed by atoms with Gasteiger partial charge in [-0.05, 0) is 54.3 Å². The molecule has 2 aromatic carbocycles. The smallest absolute Gasteiger partial charge is 0.323 e. The number of carbonyl (C=O) groups excluding carboxylic acids is 3. The van der Waals surface area contributed by atoms with Gasteiger partial charge in [0.25, 0.3) is 0 Å². The van der Waals surface area contributed by atoms with E-state index in [1.54, 1.807) is 31.4 Å². The van der Waals surface area contributed by atoms with Crippen LogP contribution < -0.4 is 21.2 Å². The molecule has 0 radical (unpaired) electrons. The number of hydrogen-bond donors (Lipinski definition) is 2. The summed E-state index contributed by atoms with van der Waals surface area (Å²) in [5.41, 5.74) is 4.37. The predicted octanol–water partition coefficient (Wildman–Crippen LogP) is 1.80. The molecule has 0 saturated carbocycles. The van der Waals surface area contributed by atoms with Crippen molar-refractivity contribution in [2.45, 2.75) is 31.3 Å². The van der Waals surface area contributed by atoms with Crippen molar-refractivity contribution in [1.82, 2.24) is 14.1 Å². The number of hydrogen-bond acceptors (Lipinski definition) is 5. The van der Waals surface area contributed by atoms with Crippen LogP contribution in [0.15, 0.2) is 59.5 Å². The van der Waals surface area contributed by atoms with E-state index < -0.39 is 11.1 Å². The van der Waals surface area contributed by atoms with E-state index in [1.807, 2.05) is 30.3 Å². The van der Waals surface area contributed by atoms with Crippen LogP contribution in [0.1, 0.15) is 16.7 Å². The van der Waals surface area contributed by atoms with Gasteiger partial charge in [-0.25, -0.2) is 9.78 Å². The fraction of sp³-hybridized carbons (Fsp3) is 0.222. The maximum absolute atomic E-state index is 13.3. The minimum Gasteiger partial charge on any atom is -0.323 e. The van der Waals surface area contributed by atoms with Crippen molar-refractivity contribution in [2.75, 3.05) is 22.6 Å². The summed E-state index contributed by atoms with van der Waals surface area (Å²) in [5, 5.41) is 5.69. The molecule has 2 aromatic heterocycles. The first-order valence-electron chi connectivity index (χ1n) is 12.0. The third-order valence-electron chi connectivity index (χ3n) is 7.83. The molecule has 4 heterocycles. The van der Waals surface area contributed by atoms with Crippen LogP contribution in [0.5, 0.6) is 0 Å². The minimum atomic E-state index is -0.683. The first-order valence-corrected chi connectivity index (χ1v) is 12.0. The molecule has 2 aliphatic heterocycles. The fourth-order valence-corrected chi connectivity index (χ4v) is 5.96. The Kier molecular flexibility index (Phi) is 4.30. The third-order valence-corrected chi connectivity index (χ3v) is 7.83. The molecule has 10 heteroatoms. The fourth-order valence-electron chi connectivity index (χ4n) is 5.96. The van der Waals surface area contributed by atoms with Gasteiger partial charge in [0.1, 0.15) is 18.9 Å². The number of nitrogens with one attached hydrogen (secondary N) is 2. The number of likely N-dealkylation sites (N-methyl/N-ethyl adjacent to an activating group) is 1. The van der Waals surface area contributed by atoms with E-state index in [0.29, 0.717) is 41.1 Å². The van der Waals surface area contributed by atoms with Gasteiger partial charge in [-0.2, -0.15) is 0 Å². The number of aromatic nitrogens is 3. The largest absolute Gasteiger partial charge is 0.330 e.